The minimum atomic E-state index is 0.565. The Morgan fingerprint density at radius 1 is 1.35 bits per heavy atom. The van der Waals surface area contributed by atoms with E-state index in [0.717, 1.165) is 12.1 Å². The molecule has 2 saturated heterocycles. The summed E-state index contributed by atoms with van der Waals surface area (Å²) in [6.07, 6.45) is 4.60. The second-order valence-electron chi connectivity index (χ2n) is 6.57. The minimum Gasteiger partial charge on any atom is -0.334 e. The summed E-state index contributed by atoms with van der Waals surface area (Å²) in [7, 11) is 2.05. The summed E-state index contributed by atoms with van der Waals surface area (Å²) in [6, 6.07) is 6.69. The lowest BCUT2D eigenvalue weighted by Gasteiger charge is -2.22. The molecule has 0 amide bonds. The molecule has 3 heterocycles. The average Bonchev–Trinajstić information content (AvgIpc) is 3.15. The third kappa shape index (κ3) is 2.03. The van der Waals surface area contributed by atoms with Crippen molar-refractivity contribution in [2.45, 2.75) is 19.4 Å². The third-order valence-corrected chi connectivity index (χ3v) is 5.05. The fraction of sp³-hybridized carbons (Fsp3) is 0.562. The highest BCUT2D eigenvalue weighted by molar-refractivity contribution is 5.75. The van der Waals surface area contributed by atoms with Crippen LogP contribution in [0.3, 0.4) is 0 Å². The van der Waals surface area contributed by atoms with E-state index in [1.165, 1.54) is 50.1 Å². The highest BCUT2D eigenvalue weighted by Gasteiger charge is 2.39. The zero-order valence-electron chi connectivity index (χ0n) is 12.1. The maximum absolute atomic E-state index is 4.46. The number of nitrogens with zero attached hydrogens (tertiary/aromatic N) is 3. The van der Waals surface area contributed by atoms with Gasteiger partial charge in [-0.1, -0.05) is 6.07 Å². The first-order chi connectivity index (χ1) is 9.74. The lowest BCUT2D eigenvalue weighted by molar-refractivity contribution is 0.269. The van der Waals surface area contributed by atoms with Crippen molar-refractivity contribution in [3.63, 3.8) is 0 Å². The monoisotopic (exact) mass is 270 g/mol. The van der Waals surface area contributed by atoms with E-state index in [1.807, 2.05) is 13.4 Å². The largest absolute Gasteiger partial charge is 0.334 e. The Morgan fingerprint density at radius 3 is 3.15 bits per heavy atom. The molecule has 106 valence electrons. The first-order valence-electron chi connectivity index (χ1n) is 7.57. The molecule has 2 aliphatic rings. The van der Waals surface area contributed by atoms with Crippen LogP contribution in [0.1, 0.15) is 18.4 Å². The molecule has 0 bridgehead atoms. The number of fused-ring (bicyclic) bond motifs is 1. The normalized spacial score (nSPS) is 27.1. The number of aryl methyl sites for hydroxylation is 1. The van der Waals surface area contributed by atoms with Crippen LogP contribution in [0, 0.1) is 5.41 Å². The molecule has 4 rings (SSSR count). The van der Waals surface area contributed by atoms with E-state index in [4.69, 9.17) is 0 Å². The molecular weight excluding hydrogens is 248 g/mol. The van der Waals surface area contributed by atoms with Crippen LogP contribution in [0.5, 0.6) is 0 Å². The van der Waals surface area contributed by atoms with Gasteiger partial charge in [0.05, 0.1) is 17.4 Å². The molecule has 1 N–H and O–H groups in total. The highest BCUT2D eigenvalue weighted by Crippen LogP contribution is 2.36. The van der Waals surface area contributed by atoms with Crippen molar-refractivity contribution in [1.29, 1.82) is 0 Å². The number of hydrogen-bond acceptors (Lipinski definition) is 3. The fourth-order valence-corrected chi connectivity index (χ4v) is 3.84. The van der Waals surface area contributed by atoms with Gasteiger partial charge in [0.1, 0.15) is 0 Å². The van der Waals surface area contributed by atoms with Crippen LogP contribution in [0.25, 0.3) is 11.0 Å². The molecule has 0 radical (unpaired) electrons. The Labute approximate surface area is 119 Å². The van der Waals surface area contributed by atoms with Crippen molar-refractivity contribution in [2.75, 3.05) is 26.2 Å². The summed E-state index contributed by atoms with van der Waals surface area (Å²) < 4.78 is 2.08. The lowest BCUT2D eigenvalue weighted by atomic mass is 9.86. The summed E-state index contributed by atoms with van der Waals surface area (Å²) in [5, 5.41) is 3.53. The van der Waals surface area contributed by atoms with Crippen LogP contribution < -0.4 is 5.32 Å². The number of likely N-dealkylation sites (tertiary alicyclic amines) is 1. The summed E-state index contributed by atoms with van der Waals surface area (Å²) in [6.45, 7) is 5.97. The van der Waals surface area contributed by atoms with E-state index in [0.29, 0.717) is 5.41 Å². The quantitative estimate of drug-likeness (QED) is 0.902. The van der Waals surface area contributed by atoms with Crippen LogP contribution in [-0.4, -0.2) is 40.6 Å². The SMILES string of the molecule is Cn1cnc2cc(CN3CCC4(CCNC4)C3)ccc21. The fourth-order valence-electron chi connectivity index (χ4n) is 3.84. The first-order valence-corrected chi connectivity index (χ1v) is 7.57. The van der Waals surface area contributed by atoms with Gasteiger partial charge < -0.3 is 9.88 Å². The van der Waals surface area contributed by atoms with Gasteiger partial charge >= 0.3 is 0 Å². The van der Waals surface area contributed by atoms with E-state index in [1.54, 1.807) is 0 Å². The van der Waals surface area contributed by atoms with Gasteiger partial charge in [-0.15, -0.1) is 0 Å². The van der Waals surface area contributed by atoms with Crippen LogP contribution >= 0.6 is 0 Å². The van der Waals surface area contributed by atoms with E-state index in [9.17, 15) is 0 Å². The molecule has 0 aliphatic carbocycles. The van der Waals surface area contributed by atoms with Gasteiger partial charge in [0.15, 0.2) is 0 Å². The second-order valence-corrected chi connectivity index (χ2v) is 6.57. The first kappa shape index (κ1) is 12.4. The van der Waals surface area contributed by atoms with Gasteiger partial charge in [-0.25, -0.2) is 4.98 Å². The number of benzene rings is 1. The molecule has 1 atom stereocenters. The number of imidazole rings is 1. The predicted octanol–water partition coefficient (Wildman–Crippen LogP) is 1.76. The number of hydrogen-bond donors (Lipinski definition) is 1. The van der Waals surface area contributed by atoms with E-state index in [-0.39, 0.29) is 0 Å². The van der Waals surface area contributed by atoms with Crippen molar-refractivity contribution in [1.82, 2.24) is 19.8 Å². The van der Waals surface area contributed by atoms with Crippen molar-refractivity contribution < 1.29 is 0 Å². The van der Waals surface area contributed by atoms with Gasteiger partial charge in [0.25, 0.3) is 0 Å². The van der Waals surface area contributed by atoms with Crippen LogP contribution in [0.2, 0.25) is 0 Å². The molecule has 2 fully saturated rings. The molecule has 1 aromatic heterocycles. The Morgan fingerprint density at radius 2 is 2.30 bits per heavy atom. The Bertz CT molecular complexity index is 624. The number of aromatic nitrogens is 2. The Kier molecular flexibility index (Phi) is 2.82. The summed E-state index contributed by atoms with van der Waals surface area (Å²) in [4.78, 5) is 7.07. The molecule has 20 heavy (non-hydrogen) atoms. The van der Waals surface area contributed by atoms with Gasteiger partial charge in [0, 0.05) is 26.7 Å². The summed E-state index contributed by atoms with van der Waals surface area (Å²) in [5.74, 6) is 0. The molecule has 2 aromatic rings. The van der Waals surface area contributed by atoms with Crippen molar-refractivity contribution >= 4 is 11.0 Å². The highest BCUT2D eigenvalue weighted by atomic mass is 15.2. The van der Waals surface area contributed by atoms with E-state index >= 15 is 0 Å². The lowest BCUT2D eigenvalue weighted by Crippen LogP contribution is -2.28. The van der Waals surface area contributed by atoms with Gasteiger partial charge in [-0.05, 0) is 49.0 Å². The second kappa shape index (κ2) is 4.57. The van der Waals surface area contributed by atoms with Crippen LogP contribution in [-0.2, 0) is 13.6 Å². The van der Waals surface area contributed by atoms with Crippen LogP contribution in [0.15, 0.2) is 24.5 Å². The predicted molar refractivity (Wildman–Crippen MR) is 80.5 cm³/mol. The Hall–Kier alpha value is -1.39. The number of rotatable bonds is 2. The van der Waals surface area contributed by atoms with E-state index in [2.05, 4.69) is 38.0 Å². The number of nitrogens with one attached hydrogen (secondary N) is 1. The summed E-state index contributed by atoms with van der Waals surface area (Å²) >= 11 is 0. The maximum Gasteiger partial charge on any atom is 0.0955 e. The zero-order chi connectivity index (χ0) is 13.6. The summed E-state index contributed by atoms with van der Waals surface area (Å²) in [5.41, 5.74) is 4.28. The van der Waals surface area contributed by atoms with Crippen LogP contribution in [0.4, 0.5) is 0 Å². The van der Waals surface area contributed by atoms with Gasteiger partial charge in [-0.3, -0.25) is 4.90 Å². The van der Waals surface area contributed by atoms with Crippen molar-refractivity contribution in [3.8, 4) is 0 Å². The molecular formula is C16H22N4. The Balaban J connectivity index is 1.50. The van der Waals surface area contributed by atoms with E-state index < -0.39 is 0 Å². The molecule has 4 heteroatoms. The topological polar surface area (TPSA) is 33.1 Å². The molecule has 1 aromatic carbocycles. The minimum absolute atomic E-state index is 0.565. The van der Waals surface area contributed by atoms with Crippen molar-refractivity contribution in [2.24, 2.45) is 12.5 Å². The molecule has 1 spiro atoms. The molecule has 2 aliphatic heterocycles. The van der Waals surface area contributed by atoms with Crippen molar-refractivity contribution in [3.05, 3.63) is 30.1 Å². The average molecular weight is 270 g/mol. The van der Waals surface area contributed by atoms with Gasteiger partial charge in [-0.2, -0.15) is 0 Å². The zero-order valence-corrected chi connectivity index (χ0v) is 12.1. The maximum atomic E-state index is 4.46. The molecule has 0 saturated carbocycles. The molecule has 4 nitrogen and oxygen atoms in total. The standard InChI is InChI=1S/C16H22N4/c1-19-12-18-14-8-13(2-3-15(14)19)9-20-7-5-16(11-20)4-6-17-10-16/h2-3,8,12,17H,4-7,9-11H2,1H3. The third-order valence-electron chi connectivity index (χ3n) is 5.05. The smallest absolute Gasteiger partial charge is 0.0955 e. The van der Waals surface area contributed by atoms with Gasteiger partial charge in [0.2, 0.25) is 0 Å². The molecule has 1 unspecified atom stereocenters.